The molecule has 3 aromatic rings. The van der Waals surface area contributed by atoms with Gasteiger partial charge in [-0.15, -0.1) is 0 Å². The molecule has 0 atom stereocenters. The molecule has 2 heterocycles. The quantitative estimate of drug-likeness (QED) is 0.703. The molecule has 0 bridgehead atoms. The van der Waals surface area contributed by atoms with Crippen LogP contribution in [0.25, 0.3) is 5.69 Å². The normalized spacial score (nSPS) is 10.7. The first-order valence-corrected chi connectivity index (χ1v) is 7.18. The highest BCUT2D eigenvalue weighted by Crippen LogP contribution is 2.20. The predicted molar refractivity (Wildman–Crippen MR) is 81.8 cm³/mol. The van der Waals surface area contributed by atoms with Crippen molar-refractivity contribution in [3.63, 3.8) is 0 Å². The number of rotatable bonds is 4. The van der Waals surface area contributed by atoms with Crippen molar-refractivity contribution in [3.05, 3.63) is 48.3 Å². The third-order valence-corrected chi connectivity index (χ3v) is 3.64. The predicted octanol–water partition coefficient (Wildman–Crippen LogP) is 1.51. The van der Waals surface area contributed by atoms with Crippen LogP contribution in [-0.2, 0) is 5.75 Å². The molecule has 21 heavy (non-hydrogen) atoms. The van der Waals surface area contributed by atoms with Crippen LogP contribution < -0.4 is 11.5 Å². The minimum Gasteiger partial charge on any atom is -0.368 e. The molecule has 0 unspecified atom stereocenters. The van der Waals surface area contributed by atoms with Gasteiger partial charge >= 0.3 is 0 Å². The summed E-state index contributed by atoms with van der Waals surface area (Å²) in [4.78, 5) is 11.8. The number of thioether (sulfide) groups is 1. The van der Waals surface area contributed by atoms with Crippen LogP contribution in [0.3, 0.4) is 0 Å². The van der Waals surface area contributed by atoms with Gasteiger partial charge in [0.25, 0.3) is 0 Å². The Morgan fingerprint density at radius 3 is 2.33 bits per heavy atom. The Hall–Kier alpha value is -2.61. The fourth-order valence-electron chi connectivity index (χ4n) is 1.77. The second kappa shape index (κ2) is 5.80. The Morgan fingerprint density at radius 1 is 1.00 bits per heavy atom. The first-order valence-electron chi connectivity index (χ1n) is 6.19. The highest BCUT2D eigenvalue weighted by Gasteiger charge is 2.04. The summed E-state index contributed by atoms with van der Waals surface area (Å²) in [6.45, 7) is 0. The smallest absolute Gasteiger partial charge is 0.225 e. The minimum absolute atomic E-state index is 0.138. The molecule has 0 aliphatic carbocycles. The van der Waals surface area contributed by atoms with E-state index in [-0.39, 0.29) is 11.9 Å². The molecule has 0 aliphatic heterocycles. The van der Waals surface area contributed by atoms with Gasteiger partial charge in [-0.2, -0.15) is 20.1 Å². The summed E-state index contributed by atoms with van der Waals surface area (Å²) in [5.74, 6) is 1.00. The molecule has 4 N–H and O–H groups in total. The lowest BCUT2D eigenvalue weighted by molar-refractivity contribution is 0.880. The topological polar surface area (TPSA) is 109 Å². The van der Waals surface area contributed by atoms with Crippen molar-refractivity contribution in [1.29, 1.82) is 0 Å². The summed E-state index contributed by atoms with van der Waals surface area (Å²) in [6.07, 6.45) is 3.65. The number of nitrogens with zero attached hydrogens (tertiary/aromatic N) is 5. The molecule has 0 aliphatic rings. The van der Waals surface area contributed by atoms with Crippen LogP contribution in [0.15, 0.2) is 47.9 Å². The van der Waals surface area contributed by atoms with Gasteiger partial charge in [0, 0.05) is 18.1 Å². The average Bonchev–Trinajstić information content (AvgIpc) is 2.99. The molecular weight excluding hydrogens is 286 g/mol. The van der Waals surface area contributed by atoms with Crippen LogP contribution in [0, 0.1) is 0 Å². The van der Waals surface area contributed by atoms with Crippen LogP contribution in [-0.4, -0.2) is 24.7 Å². The summed E-state index contributed by atoms with van der Waals surface area (Å²) in [5, 5.41) is 4.71. The lowest BCUT2D eigenvalue weighted by Gasteiger charge is -2.04. The zero-order valence-corrected chi connectivity index (χ0v) is 11.9. The van der Waals surface area contributed by atoms with Crippen molar-refractivity contribution in [1.82, 2.24) is 24.7 Å². The third kappa shape index (κ3) is 3.29. The number of nitrogens with two attached hydrogens (primary N) is 2. The molecule has 106 valence electrons. The Balaban J connectivity index is 1.68. The van der Waals surface area contributed by atoms with E-state index in [0.29, 0.717) is 5.16 Å². The van der Waals surface area contributed by atoms with E-state index < -0.39 is 0 Å². The highest BCUT2D eigenvalue weighted by atomic mass is 32.2. The van der Waals surface area contributed by atoms with Crippen LogP contribution in [0.4, 0.5) is 11.9 Å². The van der Waals surface area contributed by atoms with Crippen molar-refractivity contribution in [3.8, 4) is 5.69 Å². The highest BCUT2D eigenvalue weighted by molar-refractivity contribution is 7.98. The largest absolute Gasteiger partial charge is 0.368 e. The van der Waals surface area contributed by atoms with Crippen molar-refractivity contribution >= 4 is 23.7 Å². The molecule has 7 nitrogen and oxygen atoms in total. The van der Waals surface area contributed by atoms with Gasteiger partial charge < -0.3 is 11.5 Å². The molecule has 1 aromatic carbocycles. The maximum Gasteiger partial charge on any atom is 0.225 e. The lowest BCUT2D eigenvalue weighted by Crippen LogP contribution is -2.03. The second-order valence-corrected chi connectivity index (χ2v) is 5.18. The average molecular weight is 299 g/mol. The maximum absolute atomic E-state index is 5.54. The molecule has 0 fully saturated rings. The monoisotopic (exact) mass is 299 g/mol. The molecular formula is C13H13N7S. The van der Waals surface area contributed by atoms with Crippen LogP contribution >= 0.6 is 11.8 Å². The molecule has 8 heteroatoms. The van der Waals surface area contributed by atoms with E-state index in [0.717, 1.165) is 17.0 Å². The van der Waals surface area contributed by atoms with Gasteiger partial charge in [0.2, 0.25) is 11.9 Å². The van der Waals surface area contributed by atoms with Gasteiger partial charge in [-0.1, -0.05) is 23.9 Å². The summed E-state index contributed by atoms with van der Waals surface area (Å²) >= 11 is 1.46. The van der Waals surface area contributed by atoms with E-state index >= 15 is 0 Å². The maximum atomic E-state index is 5.54. The molecule has 0 saturated carbocycles. The standard InChI is InChI=1S/C13H13N7S/c14-11-17-12(15)19-13(18-11)21-8-9-2-4-10(5-3-9)20-7-1-6-16-20/h1-7H,8H2,(H4,14,15,17,18,19). The van der Waals surface area contributed by atoms with E-state index in [1.807, 2.05) is 41.2 Å². The molecule has 0 radical (unpaired) electrons. The number of benzene rings is 1. The molecule has 0 saturated heterocycles. The van der Waals surface area contributed by atoms with Gasteiger partial charge in [-0.25, -0.2) is 4.68 Å². The Labute approximate surface area is 125 Å². The van der Waals surface area contributed by atoms with Crippen molar-refractivity contribution in [2.75, 3.05) is 11.5 Å². The van der Waals surface area contributed by atoms with E-state index in [9.17, 15) is 0 Å². The lowest BCUT2D eigenvalue weighted by atomic mass is 10.2. The summed E-state index contributed by atoms with van der Waals surface area (Å²) in [5.41, 5.74) is 13.2. The number of nitrogen functional groups attached to an aromatic ring is 2. The van der Waals surface area contributed by atoms with Gasteiger partial charge in [-0.05, 0) is 23.8 Å². The molecule has 0 spiro atoms. The SMILES string of the molecule is Nc1nc(N)nc(SCc2ccc(-n3cccn3)cc2)n1. The van der Waals surface area contributed by atoms with Crippen molar-refractivity contribution in [2.45, 2.75) is 10.9 Å². The van der Waals surface area contributed by atoms with Crippen molar-refractivity contribution < 1.29 is 0 Å². The van der Waals surface area contributed by atoms with Gasteiger partial charge in [0.15, 0.2) is 5.16 Å². The Kier molecular flexibility index (Phi) is 3.69. The fraction of sp³-hybridized carbons (Fsp3) is 0.0769. The Bertz CT molecular complexity index is 705. The molecule has 2 aromatic heterocycles. The second-order valence-electron chi connectivity index (χ2n) is 4.24. The van der Waals surface area contributed by atoms with E-state index in [4.69, 9.17) is 11.5 Å². The Morgan fingerprint density at radius 2 is 1.71 bits per heavy atom. The molecule has 0 amide bonds. The van der Waals surface area contributed by atoms with Crippen LogP contribution in [0.2, 0.25) is 0 Å². The number of aromatic nitrogens is 5. The fourth-order valence-corrected chi connectivity index (χ4v) is 2.57. The summed E-state index contributed by atoms with van der Waals surface area (Å²) in [7, 11) is 0. The third-order valence-electron chi connectivity index (χ3n) is 2.72. The summed E-state index contributed by atoms with van der Waals surface area (Å²) < 4.78 is 1.81. The van der Waals surface area contributed by atoms with Gasteiger partial charge in [0.1, 0.15) is 0 Å². The minimum atomic E-state index is 0.138. The zero-order chi connectivity index (χ0) is 14.7. The van der Waals surface area contributed by atoms with E-state index in [1.165, 1.54) is 11.8 Å². The first kappa shape index (κ1) is 13.4. The molecule has 3 rings (SSSR count). The van der Waals surface area contributed by atoms with Gasteiger partial charge in [-0.3, -0.25) is 0 Å². The zero-order valence-electron chi connectivity index (χ0n) is 11.0. The van der Waals surface area contributed by atoms with Gasteiger partial charge in [0.05, 0.1) is 5.69 Å². The first-order chi connectivity index (χ1) is 10.2. The van der Waals surface area contributed by atoms with Crippen LogP contribution in [0.5, 0.6) is 0 Å². The number of anilines is 2. The number of hydrogen-bond acceptors (Lipinski definition) is 7. The number of hydrogen-bond donors (Lipinski definition) is 2. The summed E-state index contributed by atoms with van der Waals surface area (Å²) in [6, 6.07) is 9.99. The van der Waals surface area contributed by atoms with E-state index in [2.05, 4.69) is 20.1 Å². The van der Waals surface area contributed by atoms with Crippen LogP contribution in [0.1, 0.15) is 5.56 Å². The van der Waals surface area contributed by atoms with Crippen molar-refractivity contribution in [2.24, 2.45) is 0 Å². The van der Waals surface area contributed by atoms with E-state index in [1.54, 1.807) is 6.20 Å².